The highest BCUT2D eigenvalue weighted by Crippen LogP contribution is 2.38. The minimum atomic E-state index is -0.713. The number of amides is 1. The number of carbonyl (C=O) groups is 2. The molecule has 3 aromatic rings. The molecule has 0 saturated heterocycles. The van der Waals surface area contributed by atoms with Crippen LogP contribution in [0, 0.1) is 0 Å². The van der Waals surface area contributed by atoms with E-state index in [9.17, 15) is 14.4 Å². The second-order valence-electron chi connectivity index (χ2n) is 6.57. The van der Waals surface area contributed by atoms with Gasteiger partial charge in [0.1, 0.15) is 16.1 Å². The van der Waals surface area contributed by atoms with Gasteiger partial charge in [-0.25, -0.2) is 9.59 Å². The molecule has 1 aliphatic carbocycles. The number of benzene rings is 1. The van der Waals surface area contributed by atoms with Crippen LogP contribution in [-0.4, -0.2) is 18.5 Å². The summed E-state index contributed by atoms with van der Waals surface area (Å²) in [4.78, 5) is 38.7. The zero-order chi connectivity index (χ0) is 19.7. The number of esters is 1. The molecule has 2 aromatic heterocycles. The van der Waals surface area contributed by atoms with Crippen molar-refractivity contribution in [3.8, 4) is 0 Å². The van der Waals surface area contributed by atoms with E-state index in [1.807, 2.05) is 0 Å². The summed E-state index contributed by atoms with van der Waals surface area (Å²) >= 11 is 1.38. The minimum Gasteiger partial charge on any atom is -0.462 e. The second-order valence-corrected chi connectivity index (χ2v) is 7.68. The lowest BCUT2D eigenvalue weighted by Gasteiger charge is -2.12. The predicted octanol–water partition coefficient (Wildman–Crippen LogP) is 4.16. The standard InChI is InChI=1S/C21H19NO5S/c1-2-26-21(25)17-13-8-4-6-10-16(13)28-19(17)22-18(23)14-11-12-7-3-5-9-15(12)27-20(14)24/h3,5,7,9,11H,2,4,6,8,10H2,1H3,(H,22,23). The van der Waals surface area contributed by atoms with E-state index in [0.29, 0.717) is 21.5 Å². The van der Waals surface area contributed by atoms with E-state index < -0.39 is 17.5 Å². The third kappa shape index (κ3) is 3.33. The van der Waals surface area contributed by atoms with Gasteiger partial charge in [-0.3, -0.25) is 4.79 Å². The Morgan fingerprint density at radius 3 is 2.82 bits per heavy atom. The third-order valence-electron chi connectivity index (χ3n) is 4.76. The Balaban J connectivity index is 1.72. The van der Waals surface area contributed by atoms with Gasteiger partial charge in [-0.1, -0.05) is 18.2 Å². The van der Waals surface area contributed by atoms with Crippen LogP contribution in [0.25, 0.3) is 11.0 Å². The summed E-state index contributed by atoms with van der Waals surface area (Å²) in [6.45, 7) is 2.00. The van der Waals surface area contributed by atoms with E-state index in [1.165, 1.54) is 17.4 Å². The van der Waals surface area contributed by atoms with Crippen molar-refractivity contribution in [2.75, 3.05) is 11.9 Å². The Bertz CT molecular complexity index is 1130. The molecule has 2 heterocycles. The van der Waals surface area contributed by atoms with E-state index in [1.54, 1.807) is 31.2 Å². The van der Waals surface area contributed by atoms with Crippen molar-refractivity contribution in [3.05, 3.63) is 62.3 Å². The van der Waals surface area contributed by atoms with Crippen molar-refractivity contribution < 1.29 is 18.7 Å². The number of para-hydroxylation sites is 1. The molecule has 0 spiro atoms. The molecule has 0 radical (unpaired) electrons. The first-order chi connectivity index (χ1) is 13.6. The van der Waals surface area contributed by atoms with Crippen molar-refractivity contribution in [1.29, 1.82) is 0 Å². The Hall–Kier alpha value is -2.93. The van der Waals surface area contributed by atoms with Crippen LogP contribution in [-0.2, 0) is 17.6 Å². The average Bonchev–Trinajstić information content (AvgIpc) is 3.05. The maximum Gasteiger partial charge on any atom is 0.349 e. The molecule has 28 heavy (non-hydrogen) atoms. The molecule has 7 heteroatoms. The van der Waals surface area contributed by atoms with E-state index in [-0.39, 0.29) is 12.2 Å². The van der Waals surface area contributed by atoms with E-state index in [0.717, 1.165) is 36.1 Å². The lowest BCUT2D eigenvalue weighted by Crippen LogP contribution is -2.21. The fourth-order valence-electron chi connectivity index (χ4n) is 3.46. The molecule has 4 rings (SSSR count). The molecule has 0 saturated carbocycles. The van der Waals surface area contributed by atoms with Crippen LogP contribution in [0.4, 0.5) is 5.00 Å². The van der Waals surface area contributed by atoms with Gasteiger partial charge in [0, 0.05) is 10.3 Å². The van der Waals surface area contributed by atoms with Crippen molar-refractivity contribution in [2.45, 2.75) is 32.6 Å². The minimum absolute atomic E-state index is 0.0973. The Kier molecular flexibility index (Phi) is 5.00. The molecule has 144 valence electrons. The molecule has 0 aliphatic heterocycles. The summed E-state index contributed by atoms with van der Waals surface area (Å²) < 4.78 is 10.4. The highest BCUT2D eigenvalue weighted by molar-refractivity contribution is 7.17. The Morgan fingerprint density at radius 2 is 2.00 bits per heavy atom. The van der Waals surface area contributed by atoms with Gasteiger partial charge in [-0.2, -0.15) is 0 Å². The van der Waals surface area contributed by atoms with Gasteiger partial charge >= 0.3 is 11.6 Å². The maximum atomic E-state index is 12.8. The molecule has 0 fully saturated rings. The van der Waals surface area contributed by atoms with Crippen LogP contribution < -0.4 is 10.9 Å². The van der Waals surface area contributed by atoms with Crippen LogP contribution in [0.3, 0.4) is 0 Å². The average molecular weight is 397 g/mol. The Labute approximate surface area is 165 Å². The molecule has 1 aromatic carbocycles. The smallest absolute Gasteiger partial charge is 0.349 e. The number of anilines is 1. The van der Waals surface area contributed by atoms with Crippen molar-refractivity contribution >= 4 is 39.2 Å². The molecule has 0 unspecified atom stereocenters. The zero-order valence-electron chi connectivity index (χ0n) is 15.4. The van der Waals surface area contributed by atoms with Crippen LogP contribution in [0.2, 0.25) is 0 Å². The molecule has 0 bridgehead atoms. The molecule has 6 nitrogen and oxygen atoms in total. The summed E-state index contributed by atoms with van der Waals surface area (Å²) in [5.74, 6) is -1.04. The zero-order valence-corrected chi connectivity index (χ0v) is 16.2. The number of fused-ring (bicyclic) bond motifs is 2. The first kappa shape index (κ1) is 18.4. The highest BCUT2D eigenvalue weighted by atomic mass is 32.1. The number of aryl methyl sites for hydroxylation is 1. The number of hydrogen-bond acceptors (Lipinski definition) is 6. The van der Waals surface area contributed by atoms with Crippen molar-refractivity contribution in [2.24, 2.45) is 0 Å². The molecule has 0 atom stereocenters. The Morgan fingerprint density at radius 1 is 1.21 bits per heavy atom. The van der Waals surface area contributed by atoms with Crippen LogP contribution >= 0.6 is 11.3 Å². The van der Waals surface area contributed by atoms with Gasteiger partial charge in [-0.15, -0.1) is 11.3 Å². The molecule has 1 aliphatic rings. The van der Waals surface area contributed by atoms with Crippen molar-refractivity contribution in [1.82, 2.24) is 0 Å². The van der Waals surface area contributed by atoms with Gasteiger partial charge in [0.15, 0.2) is 0 Å². The third-order valence-corrected chi connectivity index (χ3v) is 5.97. The second kappa shape index (κ2) is 7.59. The first-order valence-electron chi connectivity index (χ1n) is 9.24. The molecule has 1 amide bonds. The highest BCUT2D eigenvalue weighted by Gasteiger charge is 2.28. The molecule has 1 N–H and O–H groups in total. The SMILES string of the molecule is CCOC(=O)c1c(NC(=O)c2cc3ccccc3oc2=O)sc2c1CCCC2. The maximum absolute atomic E-state index is 12.8. The lowest BCUT2D eigenvalue weighted by atomic mass is 9.95. The predicted molar refractivity (Wildman–Crippen MR) is 107 cm³/mol. The fourth-order valence-corrected chi connectivity index (χ4v) is 4.74. The summed E-state index contributed by atoms with van der Waals surface area (Å²) in [7, 11) is 0. The van der Waals surface area contributed by atoms with E-state index in [2.05, 4.69) is 5.32 Å². The molecular weight excluding hydrogens is 378 g/mol. The number of nitrogens with one attached hydrogen (secondary N) is 1. The van der Waals surface area contributed by atoms with Gasteiger partial charge < -0.3 is 14.5 Å². The monoisotopic (exact) mass is 397 g/mol. The summed E-state index contributed by atoms with van der Waals surface area (Å²) in [5, 5.41) is 3.84. The molecular formula is C21H19NO5S. The first-order valence-corrected chi connectivity index (χ1v) is 10.1. The van der Waals surface area contributed by atoms with E-state index >= 15 is 0 Å². The fraction of sp³-hybridized carbons (Fsp3) is 0.286. The number of thiophene rings is 1. The number of ether oxygens (including phenoxy) is 1. The number of rotatable bonds is 4. The van der Waals surface area contributed by atoms with Gasteiger partial charge in [0.25, 0.3) is 5.91 Å². The lowest BCUT2D eigenvalue weighted by molar-refractivity contribution is 0.0526. The van der Waals surface area contributed by atoms with Gasteiger partial charge in [0.2, 0.25) is 0 Å². The summed E-state index contributed by atoms with van der Waals surface area (Å²) in [6.07, 6.45) is 3.71. The van der Waals surface area contributed by atoms with Crippen molar-refractivity contribution in [3.63, 3.8) is 0 Å². The van der Waals surface area contributed by atoms with E-state index in [4.69, 9.17) is 9.15 Å². The normalized spacial score (nSPS) is 13.2. The quantitative estimate of drug-likeness (QED) is 0.528. The van der Waals surface area contributed by atoms with Crippen LogP contribution in [0.1, 0.15) is 50.9 Å². The van der Waals surface area contributed by atoms with Gasteiger partial charge in [0.05, 0.1) is 12.2 Å². The number of carbonyl (C=O) groups excluding carboxylic acids is 2. The largest absolute Gasteiger partial charge is 0.462 e. The summed E-state index contributed by atoms with van der Waals surface area (Å²) in [6, 6.07) is 8.50. The van der Waals surface area contributed by atoms with Crippen LogP contribution in [0.5, 0.6) is 0 Å². The van der Waals surface area contributed by atoms with Gasteiger partial charge in [-0.05, 0) is 50.3 Å². The topological polar surface area (TPSA) is 85.6 Å². The summed E-state index contributed by atoms with van der Waals surface area (Å²) in [5.41, 5.74) is 0.980. The number of hydrogen-bond donors (Lipinski definition) is 1. The van der Waals surface area contributed by atoms with Crippen LogP contribution in [0.15, 0.2) is 39.5 Å².